The molecule has 0 aliphatic rings. The summed E-state index contributed by atoms with van der Waals surface area (Å²) < 4.78 is 30.1. The van der Waals surface area contributed by atoms with Crippen molar-refractivity contribution in [3.63, 3.8) is 0 Å². The molecule has 17 heavy (non-hydrogen) atoms. The Morgan fingerprint density at radius 1 is 1.65 bits per heavy atom. The SMILES string of the molecule is COc1c(C(F)F)ncc(CCl)c1CC(=O)O. The molecule has 0 unspecified atom stereocenters. The molecule has 0 spiro atoms. The average molecular weight is 266 g/mol. The Morgan fingerprint density at radius 2 is 2.29 bits per heavy atom. The molecule has 1 heterocycles. The Morgan fingerprint density at radius 3 is 2.71 bits per heavy atom. The van der Waals surface area contributed by atoms with Gasteiger partial charge in [0.2, 0.25) is 0 Å². The minimum atomic E-state index is -2.83. The molecule has 1 N–H and O–H groups in total. The zero-order chi connectivity index (χ0) is 13.0. The Labute approximate surface area is 101 Å². The summed E-state index contributed by atoms with van der Waals surface area (Å²) in [6.45, 7) is 0. The lowest BCUT2D eigenvalue weighted by Crippen LogP contribution is -2.09. The van der Waals surface area contributed by atoms with Crippen molar-refractivity contribution in [2.45, 2.75) is 18.7 Å². The van der Waals surface area contributed by atoms with E-state index < -0.39 is 24.5 Å². The van der Waals surface area contributed by atoms with Gasteiger partial charge >= 0.3 is 5.97 Å². The molecule has 0 aromatic carbocycles. The van der Waals surface area contributed by atoms with Crippen LogP contribution in [0.5, 0.6) is 5.75 Å². The first kappa shape index (κ1) is 13.6. The lowest BCUT2D eigenvalue weighted by Gasteiger charge is -2.14. The second-order valence-electron chi connectivity index (χ2n) is 3.19. The van der Waals surface area contributed by atoms with Crippen LogP contribution < -0.4 is 4.74 Å². The van der Waals surface area contributed by atoms with Gasteiger partial charge in [0, 0.05) is 17.6 Å². The molecule has 4 nitrogen and oxygen atoms in total. The number of rotatable bonds is 5. The van der Waals surface area contributed by atoms with Gasteiger partial charge in [-0.3, -0.25) is 9.78 Å². The molecule has 0 bridgehead atoms. The molecule has 7 heteroatoms. The monoisotopic (exact) mass is 265 g/mol. The Bertz CT molecular complexity index is 426. The van der Waals surface area contributed by atoms with E-state index in [-0.39, 0.29) is 17.2 Å². The van der Waals surface area contributed by atoms with Crippen molar-refractivity contribution in [2.24, 2.45) is 0 Å². The van der Waals surface area contributed by atoms with E-state index >= 15 is 0 Å². The number of halogens is 3. The number of alkyl halides is 3. The minimum absolute atomic E-state index is 0.0184. The van der Waals surface area contributed by atoms with Crippen molar-refractivity contribution in [2.75, 3.05) is 7.11 Å². The van der Waals surface area contributed by atoms with E-state index in [1.54, 1.807) is 0 Å². The van der Waals surface area contributed by atoms with Crippen molar-refractivity contribution in [1.82, 2.24) is 4.98 Å². The number of pyridine rings is 1. The number of hydrogen-bond donors (Lipinski definition) is 1. The number of ether oxygens (including phenoxy) is 1. The fourth-order valence-corrected chi connectivity index (χ4v) is 1.66. The number of carbonyl (C=O) groups is 1. The highest BCUT2D eigenvalue weighted by molar-refractivity contribution is 6.17. The number of aromatic nitrogens is 1. The fourth-order valence-electron chi connectivity index (χ4n) is 1.43. The van der Waals surface area contributed by atoms with Gasteiger partial charge in [-0.05, 0) is 5.56 Å². The number of nitrogens with zero attached hydrogens (tertiary/aromatic N) is 1. The van der Waals surface area contributed by atoms with E-state index in [9.17, 15) is 13.6 Å². The average Bonchev–Trinajstić information content (AvgIpc) is 2.27. The summed E-state index contributed by atoms with van der Waals surface area (Å²) in [4.78, 5) is 14.2. The van der Waals surface area contributed by atoms with Crippen LogP contribution in [0.1, 0.15) is 23.2 Å². The zero-order valence-electron chi connectivity index (χ0n) is 8.91. The van der Waals surface area contributed by atoms with Gasteiger partial charge in [-0.25, -0.2) is 8.78 Å². The molecule has 0 fully saturated rings. The van der Waals surface area contributed by atoms with Crippen LogP contribution in [0.4, 0.5) is 8.78 Å². The molecule has 0 aliphatic carbocycles. The lowest BCUT2D eigenvalue weighted by atomic mass is 10.1. The van der Waals surface area contributed by atoms with Crippen molar-refractivity contribution >= 4 is 17.6 Å². The zero-order valence-corrected chi connectivity index (χ0v) is 9.67. The van der Waals surface area contributed by atoms with Crippen LogP contribution in [0, 0.1) is 0 Å². The van der Waals surface area contributed by atoms with Crippen LogP contribution >= 0.6 is 11.6 Å². The molecule has 0 amide bonds. The van der Waals surface area contributed by atoms with Crippen molar-refractivity contribution < 1.29 is 23.4 Å². The summed E-state index contributed by atoms with van der Waals surface area (Å²) in [5.74, 6) is -1.38. The lowest BCUT2D eigenvalue weighted by molar-refractivity contribution is -0.136. The molecule has 0 saturated heterocycles. The highest BCUT2D eigenvalue weighted by Gasteiger charge is 2.22. The van der Waals surface area contributed by atoms with Crippen LogP contribution in [0.2, 0.25) is 0 Å². The molecular weight excluding hydrogens is 256 g/mol. The molecule has 0 aliphatic heterocycles. The topological polar surface area (TPSA) is 59.4 Å². The van der Waals surface area contributed by atoms with E-state index in [4.69, 9.17) is 21.4 Å². The van der Waals surface area contributed by atoms with Crippen molar-refractivity contribution in [1.29, 1.82) is 0 Å². The summed E-state index contributed by atoms with van der Waals surface area (Å²) in [7, 11) is 1.19. The maximum Gasteiger partial charge on any atom is 0.307 e. The maximum atomic E-state index is 12.6. The first-order valence-electron chi connectivity index (χ1n) is 4.61. The van der Waals surface area contributed by atoms with Gasteiger partial charge in [0.05, 0.1) is 13.5 Å². The van der Waals surface area contributed by atoms with Crippen LogP contribution in [0.25, 0.3) is 0 Å². The van der Waals surface area contributed by atoms with Gasteiger partial charge in [0.25, 0.3) is 6.43 Å². The second-order valence-corrected chi connectivity index (χ2v) is 3.45. The highest BCUT2D eigenvalue weighted by atomic mass is 35.5. The predicted octanol–water partition coefficient (Wildman–Crippen LogP) is 2.39. The van der Waals surface area contributed by atoms with E-state index in [0.717, 1.165) is 6.20 Å². The number of aliphatic carboxylic acids is 1. The van der Waals surface area contributed by atoms with Crippen LogP contribution in [-0.2, 0) is 17.1 Å². The van der Waals surface area contributed by atoms with E-state index in [2.05, 4.69) is 4.98 Å². The third kappa shape index (κ3) is 3.03. The molecule has 94 valence electrons. The number of carboxylic acids is 1. The normalized spacial score (nSPS) is 10.6. The third-order valence-electron chi connectivity index (χ3n) is 2.14. The summed E-state index contributed by atoms with van der Waals surface area (Å²) in [5, 5.41) is 8.73. The highest BCUT2D eigenvalue weighted by Crippen LogP contribution is 2.33. The molecule has 1 aromatic heterocycles. The third-order valence-corrected chi connectivity index (χ3v) is 2.42. The van der Waals surface area contributed by atoms with Crippen LogP contribution in [0.15, 0.2) is 6.20 Å². The Balaban J connectivity index is 3.37. The standard InChI is InChI=1S/C10H10ClF2NO3/c1-17-9-6(2-7(15)16)5(3-11)4-14-8(9)10(12)13/h4,10H,2-3H2,1H3,(H,15,16). The van der Waals surface area contributed by atoms with Gasteiger partial charge in [-0.15, -0.1) is 11.6 Å². The van der Waals surface area contributed by atoms with E-state index in [0.29, 0.717) is 5.56 Å². The van der Waals surface area contributed by atoms with Crippen LogP contribution in [-0.4, -0.2) is 23.2 Å². The molecule has 0 saturated carbocycles. The summed E-state index contributed by atoms with van der Waals surface area (Å²) in [5.41, 5.74) is -0.0618. The predicted molar refractivity (Wildman–Crippen MR) is 56.6 cm³/mol. The minimum Gasteiger partial charge on any atom is -0.494 e. The Kier molecular flexibility index (Phi) is 4.62. The van der Waals surface area contributed by atoms with Gasteiger partial charge in [-0.1, -0.05) is 0 Å². The number of methoxy groups -OCH3 is 1. The molecule has 0 atom stereocenters. The van der Waals surface area contributed by atoms with Gasteiger partial charge in [0.1, 0.15) is 11.4 Å². The van der Waals surface area contributed by atoms with Gasteiger partial charge < -0.3 is 9.84 Å². The molecule has 0 radical (unpaired) electrons. The fraction of sp³-hybridized carbons (Fsp3) is 0.400. The summed E-state index contributed by atoms with van der Waals surface area (Å²) in [6.07, 6.45) is -2.12. The summed E-state index contributed by atoms with van der Waals surface area (Å²) >= 11 is 5.60. The Hall–Kier alpha value is -1.43. The van der Waals surface area contributed by atoms with E-state index in [1.807, 2.05) is 0 Å². The number of hydrogen-bond acceptors (Lipinski definition) is 3. The molecule has 1 aromatic rings. The quantitative estimate of drug-likeness (QED) is 0.831. The first-order valence-corrected chi connectivity index (χ1v) is 5.15. The molecule has 1 rings (SSSR count). The van der Waals surface area contributed by atoms with Gasteiger partial charge in [-0.2, -0.15) is 0 Å². The maximum absolute atomic E-state index is 12.6. The molecular formula is C10H10ClF2NO3. The number of carboxylic acid groups (broad SMARTS) is 1. The first-order chi connectivity index (χ1) is 8.01. The van der Waals surface area contributed by atoms with Gasteiger partial charge in [0.15, 0.2) is 0 Å². The van der Waals surface area contributed by atoms with Crippen LogP contribution in [0.3, 0.4) is 0 Å². The smallest absolute Gasteiger partial charge is 0.307 e. The van der Waals surface area contributed by atoms with Crippen molar-refractivity contribution in [3.05, 3.63) is 23.0 Å². The summed E-state index contributed by atoms with van der Waals surface area (Å²) in [6, 6.07) is 0. The van der Waals surface area contributed by atoms with Crippen molar-refractivity contribution in [3.8, 4) is 5.75 Å². The largest absolute Gasteiger partial charge is 0.494 e. The van der Waals surface area contributed by atoms with E-state index in [1.165, 1.54) is 7.11 Å². The second kappa shape index (κ2) is 5.77.